The van der Waals surface area contributed by atoms with E-state index >= 15 is 0 Å². The molecular formula is C23H38N2O. The second-order valence-electron chi connectivity index (χ2n) is 9.24. The molecular weight excluding hydrogens is 320 g/mol. The maximum Gasteiger partial charge on any atom is 0.225 e. The first kappa shape index (κ1) is 21.0. The molecule has 1 aliphatic carbocycles. The van der Waals surface area contributed by atoms with Gasteiger partial charge in [0.25, 0.3) is 0 Å². The van der Waals surface area contributed by atoms with Crippen molar-refractivity contribution in [2.45, 2.75) is 59.4 Å². The minimum absolute atomic E-state index is 0.232. The molecule has 0 saturated heterocycles. The van der Waals surface area contributed by atoms with E-state index in [0.29, 0.717) is 17.4 Å². The first-order chi connectivity index (χ1) is 12.2. The Labute approximate surface area is 160 Å². The van der Waals surface area contributed by atoms with Crippen molar-refractivity contribution in [1.29, 1.82) is 0 Å². The second-order valence-corrected chi connectivity index (χ2v) is 9.24. The predicted octanol–water partition coefficient (Wildman–Crippen LogP) is 4.99. The van der Waals surface area contributed by atoms with Crippen LogP contribution in [0.3, 0.4) is 0 Å². The van der Waals surface area contributed by atoms with E-state index in [0.717, 1.165) is 31.8 Å². The Kier molecular flexibility index (Phi) is 7.28. The van der Waals surface area contributed by atoms with Gasteiger partial charge in [-0.15, -0.1) is 0 Å². The Morgan fingerprint density at radius 3 is 2.15 bits per heavy atom. The Morgan fingerprint density at radius 2 is 1.62 bits per heavy atom. The number of benzene rings is 1. The van der Waals surface area contributed by atoms with Crippen molar-refractivity contribution in [1.82, 2.24) is 9.80 Å². The number of carbonyl (C=O) groups is 1. The zero-order chi connectivity index (χ0) is 19.3. The molecule has 146 valence electrons. The third-order valence-electron chi connectivity index (χ3n) is 6.41. The van der Waals surface area contributed by atoms with Crippen LogP contribution in [0.2, 0.25) is 0 Å². The summed E-state index contributed by atoms with van der Waals surface area (Å²) in [5, 5.41) is 0. The Balaban J connectivity index is 1.79. The molecule has 2 rings (SSSR count). The molecule has 0 bridgehead atoms. The third-order valence-corrected chi connectivity index (χ3v) is 6.41. The topological polar surface area (TPSA) is 23.6 Å². The van der Waals surface area contributed by atoms with Crippen molar-refractivity contribution in [3.8, 4) is 0 Å². The van der Waals surface area contributed by atoms with E-state index in [1.807, 2.05) is 11.9 Å². The SMILES string of the molecule is CC(c1ccccc1)N(C)CCN(C)C(=O)C1CCC(C(C)(C)C)CC1. The van der Waals surface area contributed by atoms with Crippen LogP contribution in [0, 0.1) is 17.3 Å². The van der Waals surface area contributed by atoms with Gasteiger partial charge in [-0.25, -0.2) is 0 Å². The lowest BCUT2D eigenvalue weighted by Gasteiger charge is -2.37. The number of hydrogen-bond donors (Lipinski definition) is 0. The van der Waals surface area contributed by atoms with E-state index < -0.39 is 0 Å². The van der Waals surface area contributed by atoms with Crippen LogP contribution in [0.25, 0.3) is 0 Å². The van der Waals surface area contributed by atoms with Gasteiger partial charge in [-0.1, -0.05) is 51.1 Å². The maximum absolute atomic E-state index is 12.8. The lowest BCUT2D eigenvalue weighted by Crippen LogP contribution is -2.40. The molecule has 1 atom stereocenters. The molecule has 0 radical (unpaired) electrons. The molecule has 1 amide bonds. The molecule has 3 nitrogen and oxygen atoms in total. The van der Waals surface area contributed by atoms with Gasteiger partial charge in [0.05, 0.1) is 0 Å². The Morgan fingerprint density at radius 1 is 1.04 bits per heavy atom. The van der Waals surface area contributed by atoms with Crippen molar-refractivity contribution < 1.29 is 4.79 Å². The minimum Gasteiger partial charge on any atom is -0.344 e. The van der Waals surface area contributed by atoms with Crippen LogP contribution in [0.5, 0.6) is 0 Å². The zero-order valence-electron chi connectivity index (χ0n) is 17.7. The molecule has 1 saturated carbocycles. The van der Waals surface area contributed by atoms with Gasteiger partial charge in [0.15, 0.2) is 0 Å². The van der Waals surface area contributed by atoms with Crippen molar-refractivity contribution in [2.24, 2.45) is 17.3 Å². The number of carbonyl (C=O) groups excluding carboxylic acids is 1. The lowest BCUT2D eigenvalue weighted by atomic mass is 9.69. The van der Waals surface area contributed by atoms with Crippen molar-refractivity contribution >= 4 is 5.91 Å². The summed E-state index contributed by atoms with van der Waals surface area (Å²) in [5.41, 5.74) is 1.69. The van der Waals surface area contributed by atoms with Gasteiger partial charge in [0, 0.05) is 32.1 Å². The predicted molar refractivity (Wildman–Crippen MR) is 110 cm³/mol. The summed E-state index contributed by atoms with van der Waals surface area (Å²) in [4.78, 5) is 17.1. The normalized spacial score (nSPS) is 22.3. The van der Waals surface area contributed by atoms with Gasteiger partial charge in [0.2, 0.25) is 5.91 Å². The molecule has 0 aromatic heterocycles. The summed E-state index contributed by atoms with van der Waals surface area (Å²) in [7, 11) is 4.11. The highest BCUT2D eigenvalue weighted by atomic mass is 16.2. The highest BCUT2D eigenvalue weighted by Gasteiger charge is 2.33. The van der Waals surface area contributed by atoms with Gasteiger partial charge in [0.1, 0.15) is 0 Å². The first-order valence-electron chi connectivity index (χ1n) is 10.2. The second kappa shape index (κ2) is 9.03. The summed E-state index contributed by atoms with van der Waals surface area (Å²) in [6.45, 7) is 10.9. The highest BCUT2D eigenvalue weighted by molar-refractivity contribution is 5.78. The molecule has 26 heavy (non-hydrogen) atoms. The maximum atomic E-state index is 12.8. The number of hydrogen-bond acceptors (Lipinski definition) is 2. The van der Waals surface area contributed by atoms with Gasteiger partial charge in [-0.05, 0) is 56.6 Å². The molecule has 1 aromatic carbocycles. The highest BCUT2D eigenvalue weighted by Crippen LogP contribution is 2.40. The summed E-state index contributed by atoms with van der Waals surface area (Å²) in [6, 6.07) is 10.9. The first-order valence-corrected chi connectivity index (χ1v) is 10.2. The molecule has 0 heterocycles. The summed E-state index contributed by atoms with van der Waals surface area (Å²) in [6.07, 6.45) is 4.50. The van der Waals surface area contributed by atoms with E-state index in [4.69, 9.17) is 0 Å². The standard InChI is InChI=1S/C23H38N2O/c1-18(19-10-8-7-9-11-19)24(5)16-17-25(6)22(26)20-12-14-21(15-13-20)23(2,3)4/h7-11,18,20-21H,12-17H2,1-6H3. The van der Waals surface area contributed by atoms with E-state index in [2.05, 4.69) is 70.0 Å². The summed E-state index contributed by atoms with van der Waals surface area (Å²) >= 11 is 0. The van der Waals surface area contributed by atoms with Crippen LogP contribution in [0.1, 0.15) is 65.0 Å². The molecule has 0 aliphatic heterocycles. The molecule has 0 N–H and O–H groups in total. The van der Waals surface area contributed by atoms with Crippen molar-refractivity contribution in [3.05, 3.63) is 35.9 Å². The fourth-order valence-corrected chi connectivity index (χ4v) is 4.12. The van der Waals surface area contributed by atoms with Gasteiger partial charge >= 0.3 is 0 Å². The Hall–Kier alpha value is -1.35. The lowest BCUT2D eigenvalue weighted by molar-refractivity contribution is -0.136. The molecule has 3 heteroatoms. The molecule has 1 aromatic rings. The molecule has 0 spiro atoms. The fraction of sp³-hybridized carbons (Fsp3) is 0.696. The fourth-order valence-electron chi connectivity index (χ4n) is 4.12. The quantitative estimate of drug-likeness (QED) is 0.715. The van der Waals surface area contributed by atoms with Gasteiger partial charge in [-0.3, -0.25) is 9.69 Å². The van der Waals surface area contributed by atoms with Crippen molar-refractivity contribution in [3.63, 3.8) is 0 Å². The molecule has 1 unspecified atom stereocenters. The molecule has 1 fully saturated rings. The smallest absolute Gasteiger partial charge is 0.225 e. The van der Waals surface area contributed by atoms with E-state index in [1.54, 1.807) is 0 Å². The summed E-state index contributed by atoms with van der Waals surface area (Å²) in [5.74, 6) is 1.34. The third kappa shape index (κ3) is 5.57. The number of amides is 1. The number of nitrogens with zero attached hydrogens (tertiary/aromatic N) is 2. The van der Waals surface area contributed by atoms with E-state index in [-0.39, 0.29) is 5.92 Å². The van der Waals surface area contributed by atoms with Crippen LogP contribution in [-0.4, -0.2) is 42.9 Å². The largest absolute Gasteiger partial charge is 0.344 e. The van der Waals surface area contributed by atoms with E-state index in [9.17, 15) is 4.79 Å². The average molecular weight is 359 g/mol. The van der Waals surface area contributed by atoms with E-state index in [1.165, 1.54) is 18.4 Å². The monoisotopic (exact) mass is 358 g/mol. The number of likely N-dealkylation sites (N-methyl/N-ethyl adjacent to an activating group) is 2. The van der Waals surface area contributed by atoms with Gasteiger partial charge in [-0.2, -0.15) is 0 Å². The Bertz CT molecular complexity index is 555. The number of rotatable bonds is 6. The minimum atomic E-state index is 0.232. The van der Waals surface area contributed by atoms with Crippen LogP contribution < -0.4 is 0 Å². The van der Waals surface area contributed by atoms with Crippen LogP contribution in [0.15, 0.2) is 30.3 Å². The van der Waals surface area contributed by atoms with Crippen LogP contribution >= 0.6 is 0 Å². The zero-order valence-corrected chi connectivity index (χ0v) is 17.7. The summed E-state index contributed by atoms with van der Waals surface area (Å²) < 4.78 is 0. The van der Waals surface area contributed by atoms with Gasteiger partial charge < -0.3 is 4.90 Å². The van der Waals surface area contributed by atoms with Crippen LogP contribution in [0.4, 0.5) is 0 Å². The average Bonchev–Trinajstić information content (AvgIpc) is 2.64. The van der Waals surface area contributed by atoms with Crippen LogP contribution in [-0.2, 0) is 4.79 Å². The van der Waals surface area contributed by atoms with Crippen molar-refractivity contribution in [2.75, 3.05) is 27.2 Å². The molecule has 1 aliphatic rings.